The van der Waals surface area contributed by atoms with Crippen LogP contribution in [-0.2, 0) is 0 Å². The zero-order valence-electron chi connectivity index (χ0n) is 10.7. The van der Waals surface area contributed by atoms with E-state index in [-0.39, 0.29) is 5.78 Å². The molecule has 3 rings (SSSR count). The third-order valence-corrected chi connectivity index (χ3v) is 4.62. The normalized spacial score (nSPS) is 10.6. The van der Waals surface area contributed by atoms with E-state index in [4.69, 9.17) is 23.2 Å². The van der Waals surface area contributed by atoms with Crippen molar-refractivity contribution in [2.24, 2.45) is 0 Å². The second-order valence-electron chi connectivity index (χ2n) is 4.33. The third kappa shape index (κ3) is 2.86. The minimum Gasteiger partial charge on any atom is -0.286 e. The molecular weight excluding hydrogens is 325 g/mol. The molecule has 0 fully saturated rings. The summed E-state index contributed by atoms with van der Waals surface area (Å²) >= 11 is 13.5. The molecule has 1 aromatic heterocycles. The van der Waals surface area contributed by atoms with Gasteiger partial charge in [0.05, 0.1) is 15.7 Å². The van der Waals surface area contributed by atoms with Crippen LogP contribution in [-0.4, -0.2) is 10.8 Å². The van der Waals surface area contributed by atoms with Crippen LogP contribution < -0.4 is 0 Å². The van der Waals surface area contributed by atoms with E-state index < -0.39 is 0 Å². The second kappa shape index (κ2) is 5.98. The van der Waals surface area contributed by atoms with Crippen molar-refractivity contribution in [1.82, 2.24) is 4.98 Å². The molecule has 0 unspecified atom stereocenters. The number of halogens is 2. The fraction of sp³-hybridized carbons (Fsp3) is 0. The molecule has 1 heterocycles. The van der Waals surface area contributed by atoms with Gasteiger partial charge in [0.2, 0.25) is 5.78 Å². The summed E-state index contributed by atoms with van der Waals surface area (Å²) < 4.78 is 0. The number of ketones is 1. The van der Waals surface area contributed by atoms with Crippen molar-refractivity contribution in [2.75, 3.05) is 0 Å². The first-order valence-corrected chi connectivity index (χ1v) is 7.80. The lowest BCUT2D eigenvalue weighted by Crippen LogP contribution is -2.00. The van der Waals surface area contributed by atoms with E-state index in [0.717, 1.165) is 5.56 Å². The first kappa shape index (κ1) is 14.3. The average molecular weight is 334 g/mol. The van der Waals surface area contributed by atoms with Crippen molar-refractivity contribution in [3.63, 3.8) is 0 Å². The SMILES string of the molecule is O=C(c1ccccc1)c1nc(-c2cccc(Cl)c2Cl)cs1. The van der Waals surface area contributed by atoms with Crippen LogP contribution in [0.15, 0.2) is 53.9 Å². The summed E-state index contributed by atoms with van der Waals surface area (Å²) in [5.74, 6) is -0.0926. The number of aromatic nitrogens is 1. The summed E-state index contributed by atoms with van der Waals surface area (Å²) in [7, 11) is 0. The molecular formula is C16H9Cl2NOS. The van der Waals surface area contributed by atoms with Crippen molar-refractivity contribution in [2.45, 2.75) is 0 Å². The molecule has 0 bridgehead atoms. The monoisotopic (exact) mass is 333 g/mol. The Morgan fingerprint density at radius 2 is 1.76 bits per heavy atom. The first-order valence-electron chi connectivity index (χ1n) is 6.16. The van der Waals surface area contributed by atoms with Gasteiger partial charge in [-0.05, 0) is 6.07 Å². The fourth-order valence-electron chi connectivity index (χ4n) is 1.92. The van der Waals surface area contributed by atoms with Gasteiger partial charge in [0.15, 0.2) is 5.01 Å². The maximum Gasteiger partial charge on any atom is 0.221 e. The predicted molar refractivity (Wildman–Crippen MR) is 87.4 cm³/mol. The summed E-state index contributed by atoms with van der Waals surface area (Å²) in [4.78, 5) is 16.7. The molecule has 0 atom stereocenters. The fourth-order valence-corrected chi connectivity index (χ4v) is 3.09. The van der Waals surface area contributed by atoms with E-state index in [1.54, 1.807) is 18.2 Å². The van der Waals surface area contributed by atoms with Crippen molar-refractivity contribution >= 4 is 40.3 Å². The molecule has 2 nitrogen and oxygen atoms in total. The maximum atomic E-state index is 12.3. The molecule has 3 aromatic rings. The van der Waals surface area contributed by atoms with Gasteiger partial charge in [-0.1, -0.05) is 65.7 Å². The zero-order chi connectivity index (χ0) is 14.8. The first-order chi connectivity index (χ1) is 10.2. The molecule has 0 radical (unpaired) electrons. The van der Waals surface area contributed by atoms with Crippen LogP contribution in [0.25, 0.3) is 11.3 Å². The lowest BCUT2D eigenvalue weighted by atomic mass is 10.1. The third-order valence-electron chi connectivity index (χ3n) is 2.96. The van der Waals surface area contributed by atoms with Crippen LogP contribution >= 0.6 is 34.5 Å². The van der Waals surface area contributed by atoms with Crippen molar-refractivity contribution < 1.29 is 4.79 Å². The highest BCUT2D eigenvalue weighted by Crippen LogP contribution is 2.34. The van der Waals surface area contributed by atoms with Gasteiger partial charge in [0.25, 0.3) is 0 Å². The molecule has 0 amide bonds. The van der Waals surface area contributed by atoms with Crippen LogP contribution in [0.1, 0.15) is 15.4 Å². The Bertz CT molecular complexity index is 799. The molecule has 0 saturated carbocycles. The number of carbonyl (C=O) groups is 1. The minimum atomic E-state index is -0.0926. The Morgan fingerprint density at radius 1 is 1.00 bits per heavy atom. The second-order valence-corrected chi connectivity index (χ2v) is 5.98. The van der Waals surface area contributed by atoms with Crippen molar-refractivity contribution in [3.8, 4) is 11.3 Å². The number of benzene rings is 2. The minimum absolute atomic E-state index is 0.0926. The zero-order valence-corrected chi connectivity index (χ0v) is 13.0. The highest BCUT2D eigenvalue weighted by molar-refractivity contribution is 7.12. The number of carbonyl (C=O) groups excluding carboxylic acids is 1. The van der Waals surface area contributed by atoms with Crippen LogP contribution in [0.2, 0.25) is 10.0 Å². The lowest BCUT2D eigenvalue weighted by Gasteiger charge is -2.02. The Labute approximate surface area is 136 Å². The van der Waals surface area contributed by atoms with Gasteiger partial charge in [-0.25, -0.2) is 4.98 Å². The van der Waals surface area contributed by atoms with Crippen LogP contribution in [0.3, 0.4) is 0 Å². The summed E-state index contributed by atoms with van der Waals surface area (Å²) in [6, 6.07) is 14.4. The molecule has 2 aromatic carbocycles. The quantitative estimate of drug-likeness (QED) is 0.605. The van der Waals surface area contributed by atoms with Gasteiger partial charge in [0.1, 0.15) is 0 Å². The molecule has 21 heavy (non-hydrogen) atoms. The maximum absolute atomic E-state index is 12.3. The standard InChI is InChI=1S/C16H9Cl2NOS/c17-12-8-4-7-11(14(12)18)13-9-21-16(19-13)15(20)10-5-2-1-3-6-10/h1-9H. The van der Waals surface area contributed by atoms with Gasteiger partial charge in [-0.2, -0.15) is 0 Å². The van der Waals surface area contributed by atoms with E-state index in [1.807, 2.05) is 35.7 Å². The number of hydrogen-bond acceptors (Lipinski definition) is 3. The molecule has 0 N–H and O–H groups in total. The number of hydrogen-bond donors (Lipinski definition) is 0. The van der Waals surface area contributed by atoms with Crippen LogP contribution in [0.4, 0.5) is 0 Å². The van der Waals surface area contributed by atoms with E-state index >= 15 is 0 Å². The van der Waals surface area contributed by atoms with Crippen LogP contribution in [0, 0.1) is 0 Å². The summed E-state index contributed by atoms with van der Waals surface area (Å²) in [6.45, 7) is 0. The molecule has 0 spiro atoms. The van der Waals surface area contributed by atoms with Gasteiger partial charge in [-0.15, -0.1) is 11.3 Å². The molecule has 0 saturated heterocycles. The van der Waals surface area contributed by atoms with Crippen LogP contribution in [0.5, 0.6) is 0 Å². The smallest absolute Gasteiger partial charge is 0.221 e. The molecule has 5 heteroatoms. The van der Waals surface area contributed by atoms with E-state index in [0.29, 0.717) is 26.3 Å². The Kier molecular flexibility index (Phi) is 4.06. The highest BCUT2D eigenvalue weighted by Gasteiger charge is 2.16. The Balaban J connectivity index is 1.97. The topological polar surface area (TPSA) is 30.0 Å². The number of nitrogens with zero attached hydrogens (tertiary/aromatic N) is 1. The predicted octanol–water partition coefficient (Wildman–Crippen LogP) is 5.35. The number of thiazole rings is 1. The van der Waals surface area contributed by atoms with E-state index in [9.17, 15) is 4.79 Å². The Hall–Kier alpha value is -1.68. The molecule has 0 aliphatic rings. The molecule has 0 aliphatic carbocycles. The largest absolute Gasteiger partial charge is 0.286 e. The summed E-state index contributed by atoms with van der Waals surface area (Å²) in [5, 5.41) is 3.17. The van der Waals surface area contributed by atoms with Gasteiger partial charge < -0.3 is 0 Å². The summed E-state index contributed by atoms with van der Waals surface area (Å²) in [6.07, 6.45) is 0. The Morgan fingerprint density at radius 3 is 2.52 bits per heavy atom. The van der Waals surface area contributed by atoms with E-state index in [2.05, 4.69) is 4.98 Å². The highest BCUT2D eigenvalue weighted by atomic mass is 35.5. The van der Waals surface area contributed by atoms with Crippen molar-refractivity contribution in [3.05, 3.63) is 74.5 Å². The van der Waals surface area contributed by atoms with Gasteiger partial charge in [-0.3, -0.25) is 4.79 Å². The van der Waals surface area contributed by atoms with Gasteiger partial charge >= 0.3 is 0 Å². The number of rotatable bonds is 3. The van der Waals surface area contributed by atoms with Crippen molar-refractivity contribution in [1.29, 1.82) is 0 Å². The van der Waals surface area contributed by atoms with E-state index in [1.165, 1.54) is 11.3 Å². The summed E-state index contributed by atoms with van der Waals surface area (Å²) in [5.41, 5.74) is 2.01. The molecule has 104 valence electrons. The average Bonchev–Trinajstić information content (AvgIpc) is 3.00. The lowest BCUT2D eigenvalue weighted by molar-refractivity contribution is 0.103. The molecule has 0 aliphatic heterocycles. The van der Waals surface area contributed by atoms with Gasteiger partial charge in [0, 0.05) is 16.5 Å².